The Morgan fingerprint density at radius 1 is 1.30 bits per heavy atom. The van der Waals surface area contributed by atoms with Gasteiger partial charge in [-0.3, -0.25) is 0 Å². The summed E-state index contributed by atoms with van der Waals surface area (Å²) in [4.78, 5) is 11.8. The Bertz CT molecular complexity index is 588. The Morgan fingerprint density at radius 2 is 1.95 bits per heavy atom. The Labute approximate surface area is 122 Å². The minimum atomic E-state index is -3.16. The van der Waals surface area contributed by atoms with Crippen LogP contribution in [0.15, 0.2) is 24.3 Å². The van der Waals surface area contributed by atoms with Gasteiger partial charge >= 0.3 is 6.03 Å². The summed E-state index contributed by atoms with van der Waals surface area (Å²) in [5, 5.41) is 4.58. The largest absolute Gasteiger partial charge is 0.497 e. The van der Waals surface area contributed by atoms with Crippen LogP contribution in [0, 0.1) is 0 Å². The highest BCUT2D eigenvalue weighted by Crippen LogP contribution is 2.19. The maximum Gasteiger partial charge on any atom is 0.319 e. The minimum absolute atomic E-state index is 0.109. The summed E-state index contributed by atoms with van der Waals surface area (Å²) in [6, 6.07) is 5.73. The number of carbonyl (C=O) groups is 1. The molecule has 2 atom stereocenters. The van der Waals surface area contributed by atoms with Gasteiger partial charge < -0.3 is 15.4 Å². The number of halogens is 1. The lowest BCUT2D eigenvalue weighted by molar-refractivity contribution is 0.249. The van der Waals surface area contributed by atoms with Crippen LogP contribution < -0.4 is 15.4 Å². The molecular weight excluding hydrogens is 304 g/mol. The third-order valence-electron chi connectivity index (χ3n) is 2.95. The van der Waals surface area contributed by atoms with Crippen LogP contribution in [0.2, 0.25) is 0 Å². The van der Waals surface area contributed by atoms with Gasteiger partial charge in [-0.1, -0.05) is 0 Å². The molecule has 1 heterocycles. The van der Waals surface area contributed by atoms with E-state index in [2.05, 4.69) is 10.6 Å². The lowest BCUT2D eigenvalue weighted by Crippen LogP contribution is -2.42. The number of amides is 2. The zero-order valence-electron chi connectivity index (χ0n) is 10.8. The third-order valence-corrected chi connectivity index (χ3v) is 5.32. The van der Waals surface area contributed by atoms with E-state index in [4.69, 9.17) is 16.3 Å². The summed E-state index contributed by atoms with van der Waals surface area (Å²) in [5.74, 6) is 0.442. The normalized spacial score (nSPS) is 24.1. The summed E-state index contributed by atoms with van der Waals surface area (Å²) in [6.07, 6.45) is 0. The zero-order valence-corrected chi connectivity index (χ0v) is 12.4. The summed E-state index contributed by atoms with van der Waals surface area (Å²) in [6.45, 7) is 0. The van der Waals surface area contributed by atoms with Crippen molar-refractivity contribution in [3.63, 3.8) is 0 Å². The van der Waals surface area contributed by atoms with Gasteiger partial charge in [0.25, 0.3) is 0 Å². The molecule has 2 amide bonds. The Balaban J connectivity index is 1.92. The molecule has 2 unspecified atom stereocenters. The van der Waals surface area contributed by atoms with Crippen LogP contribution >= 0.6 is 11.6 Å². The first-order valence-corrected chi connectivity index (χ1v) is 8.21. The van der Waals surface area contributed by atoms with Gasteiger partial charge in [0.1, 0.15) is 5.75 Å². The molecule has 1 saturated heterocycles. The monoisotopic (exact) mass is 318 g/mol. The van der Waals surface area contributed by atoms with E-state index in [1.54, 1.807) is 31.4 Å². The summed E-state index contributed by atoms with van der Waals surface area (Å²) in [7, 11) is -1.61. The highest BCUT2D eigenvalue weighted by Gasteiger charge is 2.37. The number of benzene rings is 1. The number of anilines is 1. The number of sulfone groups is 1. The van der Waals surface area contributed by atoms with Gasteiger partial charge in [0.15, 0.2) is 9.84 Å². The van der Waals surface area contributed by atoms with Crippen LogP contribution in [-0.4, -0.2) is 44.5 Å². The molecule has 1 aliphatic heterocycles. The molecule has 1 aliphatic rings. The number of alkyl halides is 1. The smallest absolute Gasteiger partial charge is 0.319 e. The van der Waals surface area contributed by atoms with Crippen molar-refractivity contribution >= 4 is 33.2 Å². The number of ether oxygens (including phenoxy) is 1. The fourth-order valence-corrected chi connectivity index (χ4v) is 4.50. The van der Waals surface area contributed by atoms with Crippen molar-refractivity contribution in [1.29, 1.82) is 0 Å². The predicted octanol–water partition coefficient (Wildman–Crippen LogP) is 1.22. The number of urea groups is 1. The second-order valence-corrected chi connectivity index (χ2v) is 7.24. The van der Waals surface area contributed by atoms with Crippen LogP contribution in [0.3, 0.4) is 0 Å². The first-order chi connectivity index (χ1) is 9.39. The van der Waals surface area contributed by atoms with Crippen molar-refractivity contribution in [2.24, 2.45) is 0 Å². The number of hydrogen-bond acceptors (Lipinski definition) is 4. The predicted molar refractivity (Wildman–Crippen MR) is 77.2 cm³/mol. The maximum atomic E-state index is 11.8. The molecule has 8 heteroatoms. The van der Waals surface area contributed by atoms with Crippen molar-refractivity contribution in [3.8, 4) is 5.75 Å². The molecule has 0 saturated carbocycles. The summed E-state index contributed by atoms with van der Waals surface area (Å²) >= 11 is 5.91. The van der Waals surface area contributed by atoms with E-state index in [1.165, 1.54) is 0 Å². The second-order valence-electron chi connectivity index (χ2n) is 4.53. The number of rotatable bonds is 3. The van der Waals surface area contributed by atoms with E-state index < -0.39 is 27.3 Å². The molecule has 6 nitrogen and oxygen atoms in total. The fraction of sp³-hybridized carbons (Fsp3) is 0.417. The maximum absolute atomic E-state index is 11.8. The van der Waals surface area contributed by atoms with Gasteiger partial charge in [-0.2, -0.15) is 0 Å². The summed E-state index contributed by atoms with van der Waals surface area (Å²) in [5.41, 5.74) is 0.579. The third kappa shape index (κ3) is 3.77. The standard InChI is InChI=1S/C12H15ClN2O4S/c1-19-9-4-2-8(3-5-9)14-12(16)15-11-7-20(17,18)6-10(11)13/h2-5,10-11H,6-7H2,1H3,(H2,14,15,16). The van der Waals surface area contributed by atoms with E-state index in [-0.39, 0.29) is 11.5 Å². The van der Waals surface area contributed by atoms with E-state index >= 15 is 0 Å². The van der Waals surface area contributed by atoms with Gasteiger partial charge in [-0.05, 0) is 24.3 Å². The van der Waals surface area contributed by atoms with Gasteiger partial charge in [0.2, 0.25) is 0 Å². The number of nitrogens with one attached hydrogen (secondary N) is 2. The molecule has 0 bridgehead atoms. The first kappa shape index (κ1) is 14.9. The number of carbonyl (C=O) groups excluding carboxylic acids is 1. The molecule has 0 spiro atoms. The van der Waals surface area contributed by atoms with Crippen LogP contribution in [0.5, 0.6) is 5.75 Å². The first-order valence-electron chi connectivity index (χ1n) is 5.96. The van der Waals surface area contributed by atoms with Gasteiger partial charge in [-0.25, -0.2) is 13.2 Å². The molecule has 2 N–H and O–H groups in total. The minimum Gasteiger partial charge on any atom is -0.497 e. The van der Waals surface area contributed by atoms with Crippen LogP contribution in [0.1, 0.15) is 0 Å². The molecule has 1 fully saturated rings. The molecule has 2 rings (SSSR count). The van der Waals surface area contributed by atoms with Gasteiger partial charge in [-0.15, -0.1) is 11.6 Å². The average molecular weight is 319 g/mol. The Morgan fingerprint density at radius 3 is 2.45 bits per heavy atom. The van der Waals surface area contributed by atoms with Crippen molar-refractivity contribution in [2.45, 2.75) is 11.4 Å². The molecule has 0 radical (unpaired) electrons. The van der Waals surface area contributed by atoms with Crippen LogP contribution in [0.4, 0.5) is 10.5 Å². The second kappa shape index (κ2) is 5.88. The molecule has 1 aromatic carbocycles. The molecular formula is C12H15ClN2O4S. The molecule has 110 valence electrons. The topological polar surface area (TPSA) is 84.5 Å². The van der Waals surface area contributed by atoms with Crippen LogP contribution in [-0.2, 0) is 9.84 Å². The zero-order chi connectivity index (χ0) is 14.8. The van der Waals surface area contributed by atoms with Crippen LogP contribution in [0.25, 0.3) is 0 Å². The number of methoxy groups -OCH3 is 1. The van der Waals surface area contributed by atoms with E-state index in [0.29, 0.717) is 11.4 Å². The fourth-order valence-electron chi connectivity index (χ4n) is 1.95. The van der Waals surface area contributed by atoms with E-state index in [9.17, 15) is 13.2 Å². The molecule has 20 heavy (non-hydrogen) atoms. The SMILES string of the molecule is COc1ccc(NC(=O)NC2CS(=O)(=O)CC2Cl)cc1. The summed E-state index contributed by atoms with van der Waals surface area (Å²) < 4.78 is 27.8. The van der Waals surface area contributed by atoms with E-state index in [1.807, 2.05) is 0 Å². The Hall–Kier alpha value is -1.47. The van der Waals surface area contributed by atoms with Gasteiger partial charge in [0, 0.05) is 5.69 Å². The highest BCUT2D eigenvalue weighted by molar-refractivity contribution is 7.91. The van der Waals surface area contributed by atoms with Crippen molar-refractivity contribution in [2.75, 3.05) is 23.9 Å². The molecule has 0 aromatic heterocycles. The van der Waals surface area contributed by atoms with Gasteiger partial charge in [0.05, 0.1) is 30.0 Å². The van der Waals surface area contributed by atoms with E-state index in [0.717, 1.165) is 0 Å². The highest BCUT2D eigenvalue weighted by atomic mass is 35.5. The molecule has 0 aliphatic carbocycles. The lowest BCUT2D eigenvalue weighted by Gasteiger charge is -2.15. The number of hydrogen-bond donors (Lipinski definition) is 2. The van der Waals surface area contributed by atoms with Crippen molar-refractivity contribution < 1.29 is 17.9 Å². The lowest BCUT2D eigenvalue weighted by atomic mass is 10.2. The average Bonchev–Trinajstić information content (AvgIpc) is 2.63. The molecule has 1 aromatic rings. The quantitative estimate of drug-likeness (QED) is 0.821. The van der Waals surface area contributed by atoms with Crippen molar-refractivity contribution in [3.05, 3.63) is 24.3 Å². The van der Waals surface area contributed by atoms with Crippen molar-refractivity contribution in [1.82, 2.24) is 5.32 Å². The Kier molecular flexibility index (Phi) is 4.39.